The van der Waals surface area contributed by atoms with Gasteiger partial charge in [0.1, 0.15) is 0 Å². The third-order valence-electron chi connectivity index (χ3n) is 7.26. The third kappa shape index (κ3) is 2.57. The minimum absolute atomic E-state index is 0.286. The number of rotatable bonds is 2. The fourth-order valence-electron chi connectivity index (χ4n) is 5.87. The van der Waals surface area contributed by atoms with E-state index in [4.69, 9.17) is 5.73 Å². The maximum absolute atomic E-state index is 13.6. The number of nitrogens with zero attached hydrogens (tertiary/aromatic N) is 1. The molecule has 1 aromatic carbocycles. The number of ketones is 4. The smallest absolute Gasteiger partial charge is 0.235 e. The number of fused-ring (bicyclic) bond motifs is 3. The molecule has 1 amide bonds. The highest BCUT2D eigenvalue weighted by molar-refractivity contribution is 6.32. The van der Waals surface area contributed by atoms with Crippen molar-refractivity contribution in [3.05, 3.63) is 35.4 Å². The lowest BCUT2D eigenvalue weighted by atomic mass is 9.49. The fourth-order valence-corrected chi connectivity index (χ4v) is 5.87. The van der Waals surface area contributed by atoms with Crippen LogP contribution >= 0.6 is 0 Å². The number of carbonyl (C=O) groups excluding carboxylic acids is 5. The number of benzene rings is 1. The molecule has 2 saturated carbocycles. The molecule has 4 N–H and O–H groups in total. The first kappa shape index (κ1) is 21.5. The van der Waals surface area contributed by atoms with Crippen molar-refractivity contribution in [2.24, 2.45) is 29.4 Å². The molecule has 2 fully saturated rings. The van der Waals surface area contributed by atoms with Crippen molar-refractivity contribution in [1.82, 2.24) is 4.90 Å². The standard InChI is InChI=1S/C22H24N2O7/c1-8-9-6-4-5-7-10(9)16(25)12-11(8)17(26)14-15(24(2)3)18(27)13(21(23)30)20(29)22(14,31)19(12)28/h4-8,11-15,17,26,31H,1-3H3,(H2,23,30)/t8?,11?,12?,13?,14?,15?,17?,22-/m0/s1. The zero-order valence-corrected chi connectivity index (χ0v) is 17.3. The van der Waals surface area contributed by atoms with Crippen LogP contribution in [0.3, 0.4) is 0 Å². The molecule has 8 atom stereocenters. The highest BCUT2D eigenvalue weighted by atomic mass is 16.3. The maximum atomic E-state index is 13.6. The van der Waals surface area contributed by atoms with Crippen LogP contribution in [0, 0.1) is 23.7 Å². The number of hydrogen-bond donors (Lipinski definition) is 3. The number of nitrogens with two attached hydrogens (primary N) is 1. The number of primary amides is 1. The van der Waals surface area contributed by atoms with Crippen LogP contribution in [0.25, 0.3) is 0 Å². The van der Waals surface area contributed by atoms with Gasteiger partial charge in [-0.2, -0.15) is 0 Å². The monoisotopic (exact) mass is 428 g/mol. The van der Waals surface area contributed by atoms with Gasteiger partial charge in [0.2, 0.25) is 5.91 Å². The Morgan fingerprint density at radius 2 is 1.71 bits per heavy atom. The van der Waals surface area contributed by atoms with Gasteiger partial charge in [-0.3, -0.25) is 28.9 Å². The van der Waals surface area contributed by atoms with Gasteiger partial charge in [0, 0.05) is 11.5 Å². The van der Waals surface area contributed by atoms with E-state index in [2.05, 4.69) is 0 Å². The van der Waals surface area contributed by atoms with Gasteiger partial charge in [-0.25, -0.2) is 0 Å². The van der Waals surface area contributed by atoms with Crippen LogP contribution in [-0.4, -0.2) is 76.0 Å². The Hall–Kier alpha value is -2.75. The van der Waals surface area contributed by atoms with Gasteiger partial charge < -0.3 is 15.9 Å². The van der Waals surface area contributed by atoms with E-state index >= 15 is 0 Å². The Morgan fingerprint density at radius 3 is 2.29 bits per heavy atom. The van der Waals surface area contributed by atoms with E-state index in [1.165, 1.54) is 19.0 Å². The second-order valence-corrected chi connectivity index (χ2v) is 8.95. The van der Waals surface area contributed by atoms with Gasteiger partial charge in [0.05, 0.1) is 24.0 Å². The van der Waals surface area contributed by atoms with Crippen molar-refractivity contribution < 1.29 is 34.2 Å². The van der Waals surface area contributed by atoms with Crippen LogP contribution in [-0.2, 0) is 19.2 Å². The highest BCUT2D eigenvalue weighted by Crippen LogP contribution is 2.53. The normalized spacial score (nSPS) is 39.7. The third-order valence-corrected chi connectivity index (χ3v) is 7.26. The van der Waals surface area contributed by atoms with E-state index in [1.54, 1.807) is 31.2 Å². The Bertz CT molecular complexity index is 1030. The molecule has 1 aromatic rings. The molecule has 7 unspecified atom stereocenters. The first-order chi connectivity index (χ1) is 14.5. The Labute approximate surface area is 178 Å². The number of Topliss-reactive ketones (excluding diaryl/α,β-unsaturated/α-hetero) is 4. The Morgan fingerprint density at radius 1 is 1.10 bits per heavy atom. The number of carbonyl (C=O) groups is 5. The number of likely N-dealkylation sites (N-methyl/N-ethyl adjacent to an activating group) is 1. The SMILES string of the molecule is CC1c2ccccc2C(=O)C2C(=O)[C@]3(O)C(=O)C(C(N)=O)C(=O)C(N(C)C)C3C(O)C21. The van der Waals surface area contributed by atoms with E-state index in [9.17, 15) is 34.2 Å². The average molecular weight is 428 g/mol. The molecule has 0 spiro atoms. The topological polar surface area (TPSA) is 155 Å². The van der Waals surface area contributed by atoms with Crippen molar-refractivity contribution in [2.75, 3.05) is 14.1 Å². The number of hydrogen-bond acceptors (Lipinski definition) is 8. The van der Waals surface area contributed by atoms with Gasteiger partial charge in [0.25, 0.3) is 0 Å². The van der Waals surface area contributed by atoms with Crippen LogP contribution in [0.5, 0.6) is 0 Å². The lowest BCUT2D eigenvalue weighted by molar-refractivity contribution is -0.196. The summed E-state index contributed by atoms with van der Waals surface area (Å²) in [5.41, 5.74) is 3.32. The molecule has 0 radical (unpaired) electrons. The summed E-state index contributed by atoms with van der Waals surface area (Å²) in [6.07, 6.45) is -1.53. The molecule has 0 saturated heterocycles. The van der Waals surface area contributed by atoms with Crippen molar-refractivity contribution in [3.63, 3.8) is 0 Å². The van der Waals surface area contributed by atoms with Crippen molar-refractivity contribution in [2.45, 2.75) is 30.6 Å². The van der Waals surface area contributed by atoms with Crippen molar-refractivity contribution >= 4 is 29.0 Å². The summed E-state index contributed by atoms with van der Waals surface area (Å²) in [6, 6.07) is 5.35. The lowest BCUT2D eigenvalue weighted by Crippen LogP contribution is -2.77. The average Bonchev–Trinajstić information content (AvgIpc) is 2.70. The quantitative estimate of drug-likeness (QED) is 0.491. The van der Waals surface area contributed by atoms with Crippen LogP contribution in [0.1, 0.15) is 28.8 Å². The Kier molecular flexibility index (Phi) is 4.77. The number of amides is 1. The lowest BCUT2D eigenvalue weighted by Gasteiger charge is -2.55. The van der Waals surface area contributed by atoms with Crippen molar-refractivity contribution in [3.8, 4) is 0 Å². The second-order valence-electron chi connectivity index (χ2n) is 8.95. The van der Waals surface area contributed by atoms with Gasteiger partial charge in [0.15, 0.2) is 34.7 Å². The van der Waals surface area contributed by atoms with Crippen LogP contribution in [0.4, 0.5) is 0 Å². The predicted molar refractivity (Wildman–Crippen MR) is 106 cm³/mol. The van der Waals surface area contributed by atoms with Crippen LogP contribution < -0.4 is 5.73 Å². The minimum atomic E-state index is -2.88. The predicted octanol–water partition coefficient (Wildman–Crippen LogP) is -1.31. The number of aliphatic hydroxyl groups excluding tert-OH is 1. The first-order valence-electron chi connectivity index (χ1n) is 10.1. The van der Waals surface area contributed by atoms with Crippen LogP contribution in [0.2, 0.25) is 0 Å². The van der Waals surface area contributed by atoms with E-state index in [0.717, 1.165) is 0 Å². The molecular weight excluding hydrogens is 404 g/mol. The summed E-state index contributed by atoms with van der Waals surface area (Å²) in [5, 5.41) is 22.8. The molecule has 0 heterocycles. The summed E-state index contributed by atoms with van der Waals surface area (Å²) >= 11 is 0. The molecular formula is C22H24N2O7. The molecule has 0 aliphatic heterocycles. The van der Waals surface area contributed by atoms with Crippen molar-refractivity contribution in [1.29, 1.82) is 0 Å². The molecule has 9 nitrogen and oxygen atoms in total. The zero-order chi connectivity index (χ0) is 23.0. The van der Waals surface area contributed by atoms with E-state index < -0.39 is 76.4 Å². The molecule has 0 aromatic heterocycles. The van der Waals surface area contributed by atoms with Crippen LogP contribution in [0.15, 0.2) is 24.3 Å². The largest absolute Gasteiger partial charge is 0.392 e. The minimum Gasteiger partial charge on any atom is -0.392 e. The summed E-state index contributed by atoms with van der Waals surface area (Å²) in [4.78, 5) is 66.3. The highest BCUT2D eigenvalue weighted by Gasteiger charge is 2.72. The van der Waals surface area contributed by atoms with Gasteiger partial charge in [-0.15, -0.1) is 0 Å². The van der Waals surface area contributed by atoms with Gasteiger partial charge >= 0.3 is 0 Å². The van der Waals surface area contributed by atoms with E-state index in [-0.39, 0.29) is 5.56 Å². The molecule has 3 aliphatic carbocycles. The summed E-state index contributed by atoms with van der Waals surface area (Å²) in [6.45, 7) is 1.76. The summed E-state index contributed by atoms with van der Waals surface area (Å²) in [5.74, 6) is -11.7. The molecule has 31 heavy (non-hydrogen) atoms. The second kappa shape index (κ2) is 6.88. The number of aliphatic hydroxyl groups is 2. The Balaban J connectivity index is 1.95. The molecule has 0 bridgehead atoms. The fraction of sp³-hybridized carbons (Fsp3) is 0.500. The molecule has 9 heteroatoms. The molecule has 164 valence electrons. The summed E-state index contributed by atoms with van der Waals surface area (Å²) < 4.78 is 0. The maximum Gasteiger partial charge on any atom is 0.235 e. The molecule has 4 rings (SSSR count). The van der Waals surface area contributed by atoms with Gasteiger partial charge in [-0.1, -0.05) is 31.2 Å². The van der Waals surface area contributed by atoms with E-state index in [1.807, 2.05) is 0 Å². The zero-order valence-electron chi connectivity index (χ0n) is 17.3. The van der Waals surface area contributed by atoms with Gasteiger partial charge in [-0.05, 0) is 25.6 Å². The molecule has 3 aliphatic rings. The van der Waals surface area contributed by atoms with E-state index in [0.29, 0.717) is 5.56 Å². The summed E-state index contributed by atoms with van der Waals surface area (Å²) in [7, 11) is 2.95. The first-order valence-corrected chi connectivity index (χ1v) is 10.1.